The van der Waals surface area contributed by atoms with Gasteiger partial charge in [0.05, 0.1) is 11.8 Å². The summed E-state index contributed by atoms with van der Waals surface area (Å²) in [6, 6.07) is 30.4. The molecule has 10 nitrogen and oxygen atoms in total. The number of hydrogen-bond donors (Lipinski definition) is 3. The lowest BCUT2D eigenvalue weighted by Gasteiger charge is -2.21. The Kier molecular flexibility index (Phi) is 9.00. The Labute approximate surface area is 277 Å². The minimum absolute atomic E-state index is 0.101. The maximum absolute atomic E-state index is 12.5. The van der Waals surface area contributed by atoms with Gasteiger partial charge < -0.3 is 20.9 Å². The van der Waals surface area contributed by atoms with Gasteiger partial charge in [-0.2, -0.15) is 20.1 Å². The van der Waals surface area contributed by atoms with E-state index >= 15 is 0 Å². The Morgan fingerprint density at radius 3 is 1.54 bits per heavy atom. The fourth-order valence-electron chi connectivity index (χ4n) is 4.97. The van der Waals surface area contributed by atoms with Crippen LogP contribution in [0.3, 0.4) is 0 Å². The Balaban J connectivity index is 1.21. The van der Waals surface area contributed by atoms with E-state index in [1.807, 2.05) is 67.5 Å². The van der Waals surface area contributed by atoms with Crippen LogP contribution in [0.4, 0.5) is 40.6 Å². The first-order chi connectivity index (χ1) is 22.2. The number of benzene rings is 4. The summed E-state index contributed by atoms with van der Waals surface area (Å²) < 4.78 is 0. The van der Waals surface area contributed by atoms with Crippen LogP contribution in [0.15, 0.2) is 102 Å². The van der Waals surface area contributed by atoms with Gasteiger partial charge in [-0.05, 0) is 83.9 Å². The molecule has 46 heavy (non-hydrogen) atoms. The Hall–Kier alpha value is -5.19. The lowest BCUT2D eigenvalue weighted by molar-refractivity contribution is -0.130. The molecule has 5 aromatic rings. The Morgan fingerprint density at radius 1 is 0.696 bits per heavy atom. The van der Waals surface area contributed by atoms with Crippen LogP contribution in [0, 0.1) is 0 Å². The van der Waals surface area contributed by atoms with Crippen LogP contribution in [0.5, 0.6) is 0 Å². The van der Waals surface area contributed by atoms with E-state index in [2.05, 4.69) is 55.2 Å². The summed E-state index contributed by atoms with van der Waals surface area (Å²) >= 11 is 12.1. The van der Waals surface area contributed by atoms with Crippen molar-refractivity contribution in [3.8, 4) is 0 Å². The monoisotopic (exact) mass is 651 g/mol. The van der Waals surface area contributed by atoms with Crippen molar-refractivity contribution in [2.24, 2.45) is 5.10 Å². The molecule has 0 saturated heterocycles. The third-order valence-electron chi connectivity index (χ3n) is 7.34. The van der Waals surface area contributed by atoms with Crippen LogP contribution in [0.25, 0.3) is 0 Å². The van der Waals surface area contributed by atoms with Crippen LogP contribution in [-0.2, 0) is 4.79 Å². The van der Waals surface area contributed by atoms with E-state index < -0.39 is 0 Å². The molecule has 1 aliphatic rings. The number of aromatic nitrogens is 3. The molecule has 0 spiro atoms. The predicted molar refractivity (Wildman–Crippen MR) is 186 cm³/mol. The smallest absolute Gasteiger partial charge is 0.240 e. The topological polar surface area (TPSA) is 111 Å². The van der Waals surface area contributed by atoms with Gasteiger partial charge in [0.1, 0.15) is 0 Å². The van der Waals surface area contributed by atoms with Gasteiger partial charge in [-0.15, -0.1) is 0 Å². The highest BCUT2D eigenvalue weighted by atomic mass is 35.5. The highest BCUT2D eigenvalue weighted by molar-refractivity contribution is 6.30. The molecule has 0 aliphatic carbocycles. The largest absolute Gasteiger partial charge is 0.378 e. The number of halogens is 2. The molecule has 1 aromatic heterocycles. The summed E-state index contributed by atoms with van der Waals surface area (Å²) in [7, 11) is 4.00. The average molecular weight is 653 g/mol. The zero-order valence-electron chi connectivity index (χ0n) is 25.4. The summed E-state index contributed by atoms with van der Waals surface area (Å²) in [6.45, 7) is 1.54. The van der Waals surface area contributed by atoms with Crippen molar-refractivity contribution in [3.05, 3.63) is 118 Å². The highest BCUT2D eigenvalue weighted by Gasteiger charge is 2.31. The molecule has 1 unspecified atom stereocenters. The standard InChI is InChI=1S/C34H31Cl2N9O/c1-21(46)45-31(23-6-18-29(19-7-23)44(2)3)20-30(43-45)22-4-12-26(13-5-22)37-32-40-33(38-27-14-8-24(35)9-15-27)42-34(41-32)39-28-16-10-25(36)11-17-28/h4-19,31H,20H2,1-3H3,(H3,37,38,39,40,41,42). The zero-order valence-corrected chi connectivity index (χ0v) is 26.9. The number of carbonyl (C=O) groups is 1. The number of amides is 1. The van der Waals surface area contributed by atoms with Gasteiger partial charge in [-0.25, -0.2) is 5.01 Å². The third kappa shape index (κ3) is 7.36. The van der Waals surface area contributed by atoms with Gasteiger partial charge in [0.2, 0.25) is 23.8 Å². The van der Waals surface area contributed by atoms with Crippen LogP contribution >= 0.6 is 23.2 Å². The zero-order chi connectivity index (χ0) is 32.2. The second kappa shape index (κ2) is 13.4. The predicted octanol–water partition coefficient (Wildman–Crippen LogP) is 8.17. The molecular weight excluding hydrogens is 621 g/mol. The lowest BCUT2D eigenvalue weighted by Crippen LogP contribution is -2.24. The Morgan fingerprint density at radius 2 is 1.13 bits per heavy atom. The van der Waals surface area contributed by atoms with Crippen molar-refractivity contribution >= 4 is 75.4 Å². The van der Waals surface area contributed by atoms with Gasteiger partial charge >= 0.3 is 0 Å². The minimum atomic E-state index is -0.162. The summed E-state index contributed by atoms with van der Waals surface area (Å²) in [5.41, 5.74) is 6.21. The number of nitrogens with zero attached hydrogens (tertiary/aromatic N) is 6. The third-order valence-corrected chi connectivity index (χ3v) is 7.84. The van der Waals surface area contributed by atoms with E-state index in [1.165, 1.54) is 0 Å². The maximum Gasteiger partial charge on any atom is 0.240 e. The summed E-state index contributed by atoms with van der Waals surface area (Å²) in [5.74, 6) is 0.901. The van der Waals surface area contributed by atoms with Crippen molar-refractivity contribution in [3.63, 3.8) is 0 Å². The molecule has 4 aromatic carbocycles. The number of anilines is 7. The van der Waals surface area contributed by atoms with Crippen molar-refractivity contribution in [1.29, 1.82) is 0 Å². The van der Waals surface area contributed by atoms with E-state index in [4.69, 9.17) is 28.3 Å². The molecule has 1 aliphatic heterocycles. The number of carbonyl (C=O) groups excluding carboxylic acids is 1. The molecule has 1 amide bonds. The van der Waals surface area contributed by atoms with Crippen LogP contribution in [0.1, 0.15) is 30.5 Å². The number of hydrazone groups is 1. The lowest BCUT2D eigenvalue weighted by atomic mass is 9.98. The second-order valence-electron chi connectivity index (χ2n) is 10.9. The molecule has 1 atom stereocenters. The van der Waals surface area contributed by atoms with Crippen molar-refractivity contribution in [1.82, 2.24) is 20.0 Å². The van der Waals surface area contributed by atoms with Gasteiger partial charge in [-0.3, -0.25) is 4.79 Å². The summed E-state index contributed by atoms with van der Waals surface area (Å²) in [5, 5.41) is 17.2. The molecule has 3 N–H and O–H groups in total. The quantitative estimate of drug-likeness (QED) is 0.146. The second-order valence-corrected chi connectivity index (χ2v) is 11.8. The molecular formula is C34H31Cl2N9O. The van der Waals surface area contributed by atoms with Gasteiger partial charge in [-0.1, -0.05) is 47.5 Å². The van der Waals surface area contributed by atoms with Gasteiger partial charge in [0.15, 0.2) is 0 Å². The van der Waals surface area contributed by atoms with Crippen LogP contribution < -0.4 is 20.9 Å². The highest BCUT2D eigenvalue weighted by Crippen LogP contribution is 2.34. The van der Waals surface area contributed by atoms with Crippen LogP contribution in [-0.4, -0.2) is 45.7 Å². The van der Waals surface area contributed by atoms with E-state index in [0.717, 1.165) is 39.6 Å². The van der Waals surface area contributed by atoms with Crippen molar-refractivity contribution in [2.75, 3.05) is 34.9 Å². The number of rotatable bonds is 9. The maximum atomic E-state index is 12.5. The van der Waals surface area contributed by atoms with E-state index in [0.29, 0.717) is 34.3 Å². The van der Waals surface area contributed by atoms with Crippen LogP contribution in [0.2, 0.25) is 10.0 Å². The molecule has 232 valence electrons. The molecule has 0 radical (unpaired) electrons. The first-order valence-electron chi connectivity index (χ1n) is 14.5. The summed E-state index contributed by atoms with van der Waals surface area (Å²) in [6.07, 6.45) is 0.612. The van der Waals surface area contributed by atoms with Crippen molar-refractivity contribution < 1.29 is 4.79 Å². The van der Waals surface area contributed by atoms with E-state index in [-0.39, 0.29) is 11.9 Å². The summed E-state index contributed by atoms with van der Waals surface area (Å²) in [4.78, 5) is 28.3. The SMILES string of the molecule is CC(=O)N1N=C(c2ccc(Nc3nc(Nc4ccc(Cl)cc4)nc(Nc4ccc(Cl)cc4)n3)cc2)CC1c1ccc(N(C)C)cc1. The molecule has 6 rings (SSSR count). The molecule has 0 bridgehead atoms. The molecule has 0 saturated carbocycles. The first kappa shape index (κ1) is 30.8. The van der Waals surface area contributed by atoms with Gasteiger partial charge in [0.25, 0.3) is 0 Å². The van der Waals surface area contributed by atoms with E-state index in [1.54, 1.807) is 36.2 Å². The van der Waals surface area contributed by atoms with Gasteiger partial charge in [0, 0.05) is 60.2 Å². The fraction of sp³-hybridized carbons (Fsp3) is 0.147. The fourth-order valence-corrected chi connectivity index (χ4v) is 5.22. The first-order valence-corrected chi connectivity index (χ1v) is 15.3. The normalized spacial score (nSPS) is 14.1. The Bertz CT molecular complexity index is 1800. The minimum Gasteiger partial charge on any atom is -0.378 e. The number of nitrogens with one attached hydrogen (secondary N) is 3. The number of hydrogen-bond acceptors (Lipinski definition) is 9. The van der Waals surface area contributed by atoms with E-state index in [9.17, 15) is 4.79 Å². The molecule has 12 heteroatoms. The molecule has 2 heterocycles. The molecule has 0 fully saturated rings. The van der Waals surface area contributed by atoms with Crippen molar-refractivity contribution in [2.45, 2.75) is 19.4 Å². The average Bonchev–Trinajstić information content (AvgIpc) is 3.50.